The number of benzene rings is 5. The first kappa shape index (κ1) is 20.0. The van der Waals surface area contributed by atoms with Gasteiger partial charge in [0.25, 0.3) is 0 Å². The Morgan fingerprint density at radius 2 is 0.688 bits per heavy atom. The Hall–Kier alpha value is -3.90. The van der Waals surface area contributed by atoms with Crippen LogP contribution in [0.2, 0.25) is 0 Å². The minimum atomic E-state index is 1.07. The van der Waals surface area contributed by atoms with Crippen LogP contribution in [-0.2, 0) is 6.42 Å². The van der Waals surface area contributed by atoms with E-state index >= 15 is 0 Å². The Morgan fingerprint density at radius 3 is 1.16 bits per heavy atom. The highest BCUT2D eigenvalue weighted by Gasteiger charge is 2.05. The van der Waals surface area contributed by atoms with Gasteiger partial charge >= 0.3 is 0 Å². The summed E-state index contributed by atoms with van der Waals surface area (Å²) >= 11 is 0. The molecule has 0 fully saturated rings. The lowest BCUT2D eigenvalue weighted by molar-refractivity contribution is 1.14. The third-order valence-corrected chi connectivity index (χ3v) is 6.08. The van der Waals surface area contributed by atoms with Gasteiger partial charge in [0, 0.05) is 0 Å². The predicted molar refractivity (Wildman–Crippen MR) is 138 cm³/mol. The molecule has 5 aromatic carbocycles. The van der Waals surface area contributed by atoms with Gasteiger partial charge in [-0.15, -0.1) is 0 Å². The highest BCUT2D eigenvalue weighted by atomic mass is 14.1. The fourth-order valence-corrected chi connectivity index (χ4v) is 4.18. The monoisotopic (exact) mass is 410 g/mol. The van der Waals surface area contributed by atoms with Gasteiger partial charge in [0.1, 0.15) is 0 Å². The Kier molecular flexibility index (Phi) is 5.68. The molecule has 0 amide bonds. The third-order valence-electron chi connectivity index (χ3n) is 6.08. The number of aryl methyl sites for hydroxylation is 1. The normalized spacial score (nSPS) is 10.8. The van der Waals surface area contributed by atoms with Crippen LogP contribution in [-0.4, -0.2) is 0 Å². The summed E-state index contributed by atoms with van der Waals surface area (Å²) < 4.78 is 0. The molecule has 0 saturated heterocycles. The summed E-state index contributed by atoms with van der Waals surface area (Å²) in [5.74, 6) is 0. The molecular formula is C32H26. The average Bonchev–Trinajstić information content (AvgIpc) is 2.89. The van der Waals surface area contributed by atoms with E-state index in [0.717, 1.165) is 6.42 Å². The molecule has 0 heteroatoms. The Balaban J connectivity index is 1.44. The van der Waals surface area contributed by atoms with Crippen molar-refractivity contribution < 1.29 is 0 Å². The standard InChI is InChI=1S/C32H26/c1-2-24-14-16-27(17-15-24)29-10-6-12-31(22-29)32-13-7-11-30(23-32)28-20-18-26(19-21-28)25-8-4-3-5-9-25/h3-23H,2H2,1H3. The van der Waals surface area contributed by atoms with E-state index in [1.54, 1.807) is 0 Å². The first-order valence-corrected chi connectivity index (χ1v) is 11.3. The SMILES string of the molecule is CCc1ccc(-c2cccc(-c3cccc(-c4ccc(-c5ccccc5)cc4)c3)c2)cc1. The molecule has 0 nitrogen and oxygen atoms in total. The number of hydrogen-bond acceptors (Lipinski definition) is 0. The van der Waals surface area contributed by atoms with Gasteiger partial charge in [0.15, 0.2) is 0 Å². The van der Waals surface area contributed by atoms with Crippen molar-refractivity contribution in [3.05, 3.63) is 133 Å². The van der Waals surface area contributed by atoms with Crippen molar-refractivity contribution in [1.29, 1.82) is 0 Å². The van der Waals surface area contributed by atoms with Crippen molar-refractivity contribution in [3.63, 3.8) is 0 Å². The van der Waals surface area contributed by atoms with Gasteiger partial charge in [0.05, 0.1) is 0 Å². The van der Waals surface area contributed by atoms with E-state index in [2.05, 4.69) is 134 Å². The first-order chi connectivity index (χ1) is 15.8. The Morgan fingerprint density at radius 1 is 0.344 bits per heavy atom. The lowest BCUT2D eigenvalue weighted by Gasteiger charge is -2.10. The molecule has 0 N–H and O–H groups in total. The van der Waals surface area contributed by atoms with Crippen LogP contribution in [0.5, 0.6) is 0 Å². The summed E-state index contributed by atoms with van der Waals surface area (Å²) in [4.78, 5) is 0. The van der Waals surface area contributed by atoms with Crippen molar-refractivity contribution in [2.45, 2.75) is 13.3 Å². The molecule has 0 bridgehead atoms. The largest absolute Gasteiger partial charge is 0.0622 e. The molecule has 0 aliphatic rings. The summed E-state index contributed by atoms with van der Waals surface area (Å²) in [5.41, 5.74) is 11.3. The van der Waals surface area contributed by atoms with E-state index in [-0.39, 0.29) is 0 Å². The van der Waals surface area contributed by atoms with E-state index in [1.165, 1.54) is 50.1 Å². The van der Waals surface area contributed by atoms with Gasteiger partial charge in [-0.25, -0.2) is 0 Å². The molecular weight excluding hydrogens is 384 g/mol. The molecule has 0 unspecified atom stereocenters. The van der Waals surface area contributed by atoms with Crippen LogP contribution < -0.4 is 0 Å². The van der Waals surface area contributed by atoms with Crippen LogP contribution >= 0.6 is 0 Å². The van der Waals surface area contributed by atoms with Crippen LogP contribution in [0.4, 0.5) is 0 Å². The molecule has 0 heterocycles. The van der Waals surface area contributed by atoms with E-state index < -0.39 is 0 Å². The zero-order valence-electron chi connectivity index (χ0n) is 18.3. The smallest absolute Gasteiger partial charge is 0.0178 e. The van der Waals surface area contributed by atoms with Gasteiger partial charge in [0.2, 0.25) is 0 Å². The minimum absolute atomic E-state index is 1.07. The second-order valence-electron chi connectivity index (χ2n) is 8.16. The molecule has 154 valence electrons. The zero-order chi connectivity index (χ0) is 21.8. The first-order valence-electron chi connectivity index (χ1n) is 11.3. The third kappa shape index (κ3) is 4.26. The maximum absolute atomic E-state index is 2.29. The van der Waals surface area contributed by atoms with E-state index in [0.29, 0.717) is 0 Å². The molecule has 0 radical (unpaired) electrons. The second kappa shape index (κ2) is 9.08. The Bertz CT molecular complexity index is 1310. The number of rotatable bonds is 5. The highest BCUT2D eigenvalue weighted by Crippen LogP contribution is 2.31. The van der Waals surface area contributed by atoms with Gasteiger partial charge < -0.3 is 0 Å². The van der Waals surface area contributed by atoms with Crippen LogP contribution in [0.1, 0.15) is 12.5 Å². The number of hydrogen-bond donors (Lipinski definition) is 0. The molecule has 5 aromatic rings. The lowest BCUT2D eigenvalue weighted by Crippen LogP contribution is -1.85. The van der Waals surface area contributed by atoms with E-state index in [4.69, 9.17) is 0 Å². The topological polar surface area (TPSA) is 0 Å². The molecule has 0 aromatic heterocycles. The Labute approximate surface area is 190 Å². The average molecular weight is 411 g/mol. The van der Waals surface area contributed by atoms with Crippen LogP contribution in [0.25, 0.3) is 44.5 Å². The summed E-state index contributed by atoms with van der Waals surface area (Å²) in [6.45, 7) is 2.19. The van der Waals surface area contributed by atoms with E-state index in [1.807, 2.05) is 0 Å². The summed E-state index contributed by atoms with van der Waals surface area (Å²) in [6, 6.07) is 45.9. The van der Waals surface area contributed by atoms with E-state index in [9.17, 15) is 0 Å². The molecule has 0 atom stereocenters. The van der Waals surface area contributed by atoms with Crippen LogP contribution in [0.3, 0.4) is 0 Å². The molecule has 0 saturated carbocycles. The molecule has 0 aliphatic heterocycles. The van der Waals surface area contributed by atoms with Crippen LogP contribution in [0.15, 0.2) is 127 Å². The quantitative estimate of drug-likeness (QED) is 0.271. The maximum atomic E-state index is 2.29. The predicted octanol–water partition coefficient (Wildman–Crippen LogP) is 8.92. The van der Waals surface area contributed by atoms with Gasteiger partial charge in [-0.3, -0.25) is 0 Å². The van der Waals surface area contributed by atoms with Crippen molar-refractivity contribution in [3.8, 4) is 44.5 Å². The molecule has 0 spiro atoms. The molecule has 32 heavy (non-hydrogen) atoms. The fraction of sp³-hybridized carbons (Fsp3) is 0.0625. The van der Waals surface area contributed by atoms with Gasteiger partial charge in [-0.05, 0) is 68.6 Å². The van der Waals surface area contributed by atoms with Crippen LogP contribution in [0, 0.1) is 0 Å². The summed E-state index contributed by atoms with van der Waals surface area (Å²) in [5, 5.41) is 0. The van der Waals surface area contributed by atoms with Crippen molar-refractivity contribution in [1.82, 2.24) is 0 Å². The summed E-state index contributed by atoms with van der Waals surface area (Å²) in [7, 11) is 0. The summed E-state index contributed by atoms with van der Waals surface area (Å²) in [6.07, 6.45) is 1.07. The lowest BCUT2D eigenvalue weighted by atomic mass is 9.95. The molecule has 5 rings (SSSR count). The molecule has 0 aliphatic carbocycles. The fourth-order valence-electron chi connectivity index (χ4n) is 4.18. The zero-order valence-corrected chi connectivity index (χ0v) is 18.3. The van der Waals surface area contributed by atoms with Gasteiger partial charge in [-0.1, -0.05) is 122 Å². The maximum Gasteiger partial charge on any atom is -0.0178 e. The van der Waals surface area contributed by atoms with Crippen molar-refractivity contribution in [2.24, 2.45) is 0 Å². The highest BCUT2D eigenvalue weighted by molar-refractivity contribution is 5.78. The van der Waals surface area contributed by atoms with Crippen molar-refractivity contribution in [2.75, 3.05) is 0 Å². The minimum Gasteiger partial charge on any atom is -0.0622 e. The van der Waals surface area contributed by atoms with Crippen molar-refractivity contribution >= 4 is 0 Å². The van der Waals surface area contributed by atoms with Gasteiger partial charge in [-0.2, -0.15) is 0 Å². The second-order valence-corrected chi connectivity index (χ2v) is 8.16.